The normalized spacial score (nSPS) is 23.1. The molecule has 132 valence electrons. The lowest BCUT2D eigenvalue weighted by Crippen LogP contribution is -2.20. The number of hydrogen-bond donors (Lipinski definition) is 1. The van der Waals surface area contributed by atoms with Crippen molar-refractivity contribution >= 4 is 0 Å². The van der Waals surface area contributed by atoms with Gasteiger partial charge in [0.05, 0.1) is 5.76 Å². The first-order valence-corrected chi connectivity index (χ1v) is 9.64. The number of allylic oxidation sites excluding steroid dienone is 4. The zero-order valence-electron chi connectivity index (χ0n) is 14.9. The van der Waals surface area contributed by atoms with E-state index in [0.717, 1.165) is 39.1 Å². The summed E-state index contributed by atoms with van der Waals surface area (Å²) in [4.78, 5) is 0. The average molecular weight is 322 g/mol. The third kappa shape index (κ3) is 7.09. The van der Waals surface area contributed by atoms with E-state index in [4.69, 9.17) is 9.47 Å². The van der Waals surface area contributed by atoms with Gasteiger partial charge >= 0.3 is 0 Å². The van der Waals surface area contributed by atoms with Crippen LogP contribution in [0.4, 0.5) is 0 Å². The number of methoxy groups -OCH3 is 1. The minimum absolute atomic E-state index is 0.696. The van der Waals surface area contributed by atoms with Crippen molar-refractivity contribution in [1.29, 1.82) is 0 Å². The highest BCUT2D eigenvalue weighted by molar-refractivity contribution is 5.29. The van der Waals surface area contributed by atoms with Gasteiger partial charge in [-0.05, 0) is 50.1 Å². The Kier molecular flexibility index (Phi) is 9.42. The van der Waals surface area contributed by atoms with Crippen LogP contribution in [0.25, 0.3) is 0 Å². The maximum absolute atomic E-state index is 6.12. The molecule has 0 saturated heterocycles. The summed E-state index contributed by atoms with van der Waals surface area (Å²) < 4.78 is 11.3. The van der Waals surface area contributed by atoms with Crippen molar-refractivity contribution in [3.8, 4) is 0 Å². The van der Waals surface area contributed by atoms with Gasteiger partial charge in [-0.25, -0.2) is 0 Å². The van der Waals surface area contributed by atoms with Crippen LogP contribution in [-0.2, 0) is 9.47 Å². The molecule has 0 fully saturated rings. The van der Waals surface area contributed by atoms with Crippen LogP contribution in [0.5, 0.6) is 0 Å². The molecule has 1 N–H and O–H groups in total. The lowest BCUT2D eigenvalue weighted by molar-refractivity contribution is 0.191. The second-order valence-corrected chi connectivity index (χ2v) is 6.81. The van der Waals surface area contributed by atoms with Crippen LogP contribution < -0.4 is 5.32 Å². The van der Waals surface area contributed by atoms with Gasteiger partial charge in [0.2, 0.25) is 0 Å². The average Bonchev–Trinajstić information content (AvgIpc) is 2.62. The summed E-state index contributed by atoms with van der Waals surface area (Å²) >= 11 is 0. The molecule has 1 heterocycles. The van der Waals surface area contributed by atoms with E-state index >= 15 is 0 Å². The first-order valence-electron chi connectivity index (χ1n) is 9.64. The molecule has 0 saturated carbocycles. The van der Waals surface area contributed by atoms with E-state index < -0.39 is 0 Å². The predicted molar refractivity (Wildman–Crippen MR) is 96.5 cm³/mol. The molecule has 0 spiro atoms. The number of hydrogen-bond acceptors (Lipinski definition) is 3. The summed E-state index contributed by atoms with van der Waals surface area (Å²) in [5, 5.41) is 3.49. The molecule has 0 bridgehead atoms. The van der Waals surface area contributed by atoms with E-state index in [-0.39, 0.29) is 0 Å². The first-order chi connectivity index (χ1) is 11.4. The summed E-state index contributed by atoms with van der Waals surface area (Å²) in [5.41, 5.74) is 1.51. The fourth-order valence-corrected chi connectivity index (χ4v) is 3.64. The molecule has 1 unspecified atom stereocenters. The Morgan fingerprint density at radius 1 is 1.17 bits per heavy atom. The third-order valence-electron chi connectivity index (χ3n) is 4.96. The second kappa shape index (κ2) is 11.7. The van der Waals surface area contributed by atoms with Gasteiger partial charge in [0, 0.05) is 26.7 Å². The molecule has 0 aromatic heterocycles. The molecule has 2 rings (SSSR count). The molecular formula is C20H35NO2. The summed E-state index contributed by atoms with van der Waals surface area (Å²) in [5.74, 6) is 1.97. The van der Waals surface area contributed by atoms with Crippen molar-refractivity contribution in [1.82, 2.24) is 5.32 Å². The summed E-state index contributed by atoms with van der Waals surface area (Å²) in [6.45, 7) is 3.83. The fourth-order valence-electron chi connectivity index (χ4n) is 3.64. The van der Waals surface area contributed by atoms with Crippen molar-refractivity contribution in [3.05, 3.63) is 23.5 Å². The number of rotatable bonds is 7. The van der Waals surface area contributed by atoms with E-state index in [1.165, 1.54) is 62.7 Å². The van der Waals surface area contributed by atoms with Crippen LogP contribution in [-0.4, -0.2) is 33.4 Å². The Bertz CT molecular complexity index is 376. The highest BCUT2D eigenvalue weighted by Crippen LogP contribution is 2.32. The van der Waals surface area contributed by atoms with Gasteiger partial charge in [-0.3, -0.25) is 0 Å². The number of ether oxygens (including phenoxy) is 2. The van der Waals surface area contributed by atoms with Crippen LogP contribution in [0.2, 0.25) is 0 Å². The molecule has 3 heteroatoms. The van der Waals surface area contributed by atoms with Gasteiger partial charge in [0.25, 0.3) is 0 Å². The number of unbranched alkanes of at least 4 members (excludes halogenated alkanes) is 3. The summed E-state index contributed by atoms with van der Waals surface area (Å²) in [7, 11) is 1.79. The molecule has 0 radical (unpaired) electrons. The molecule has 0 aromatic rings. The van der Waals surface area contributed by atoms with Gasteiger partial charge in [0.1, 0.15) is 6.61 Å². The topological polar surface area (TPSA) is 30.5 Å². The summed E-state index contributed by atoms with van der Waals surface area (Å²) in [6.07, 6.45) is 17.3. The van der Waals surface area contributed by atoms with Crippen LogP contribution in [0, 0.1) is 5.92 Å². The molecule has 1 atom stereocenters. The Morgan fingerprint density at radius 3 is 3.00 bits per heavy atom. The Hall–Kier alpha value is -0.800. The van der Waals surface area contributed by atoms with Crippen molar-refractivity contribution in [3.63, 3.8) is 0 Å². The molecule has 3 nitrogen and oxygen atoms in total. The van der Waals surface area contributed by atoms with Crippen LogP contribution in [0.1, 0.15) is 64.2 Å². The van der Waals surface area contributed by atoms with E-state index in [9.17, 15) is 0 Å². The molecule has 0 amide bonds. The van der Waals surface area contributed by atoms with E-state index in [0.29, 0.717) is 5.92 Å². The van der Waals surface area contributed by atoms with Gasteiger partial charge < -0.3 is 14.8 Å². The standard InChI is InChI=1S/C20H35NO2/c1-22-16-9-3-2-4-10-18-11-7-8-14-21-15-17-23-20-13-6-5-12-19(18)20/h5,12,18,21H,2-4,6-11,13-17H2,1H3. The SMILES string of the molecule is COCCCCCCC1CCCCNCCOC2=C1C=CCC2. The Balaban J connectivity index is 1.89. The van der Waals surface area contributed by atoms with Gasteiger partial charge in [-0.1, -0.05) is 37.8 Å². The minimum atomic E-state index is 0.696. The lowest BCUT2D eigenvalue weighted by atomic mass is 9.85. The highest BCUT2D eigenvalue weighted by atomic mass is 16.5. The molecule has 1 aliphatic carbocycles. The fraction of sp³-hybridized carbons (Fsp3) is 0.800. The smallest absolute Gasteiger partial charge is 0.100 e. The second-order valence-electron chi connectivity index (χ2n) is 6.81. The zero-order chi connectivity index (χ0) is 16.2. The first kappa shape index (κ1) is 18.5. The van der Waals surface area contributed by atoms with Crippen molar-refractivity contribution < 1.29 is 9.47 Å². The predicted octanol–water partition coefficient (Wildman–Crippen LogP) is 4.59. The van der Waals surface area contributed by atoms with Crippen molar-refractivity contribution in [2.45, 2.75) is 64.2 Å². The molecule has 1 aliphatic heterocycles. The molecule has 23 heavy (non-hydrogen) atoms. The highest BCUT2D eigenvalue weighted by Gasteiger charge is 2.20. The van der Waals surface area contributed by atoms with Crippen LogP contribution >= 0.6 is 0 Å². The third-order valence-corrected chi connectivity index (χ3v) is 4.96. The molecular weight excluding hydrogens is 286 g/mol. The van der Waals surface area contributed by atoms with Crippen molar-refractivity contribution in [2.24, 2.45) is 5.92 Å². The van der Waals surface area contributed by atoms with Gasteiger partial charge in [-0.2, -0.15) is 0 Å². The number of nitrogens with one attached hydrogen (secondary N) is 1. The van der Waals surface area contributed by atoms with Crippen LogP contribution in [0.3, 0.4) is 0 Å². The molecule has 0 aromatic carbocycles. The summed E-state index contributed by atoms with van der Waals surface area (Å²) in [6, 6.07) is 0. The van der Waals surface area contributed by atoms with E-state index in [1.54, 1.807) is 7.11 Å². The minimum Gasteiger partial charge on any atom is -0.496 e. The monoisotopic (exact) mass is 321 g/mol. The quantitative estimate of drug-likeness (QED) is 0.696. The van der Waals surface area contributed by atoms with Crippen molar-refractivity contribution in [2.75, 3.05) is 33.4 Å². The zero-order valence-corrected chi connectivity index (χ0v) is 14.9. The Labute approximate surface area is 142 Å². The largest absolute Gasteiger partial charge is 0.496 e. The maximum Gasteiger partial charge on any atom is 0.100 e. The lowest BCUT2D eigenvalue weighted by Gasteiger charge is -2.24. The van der Waals surface area contributed by atoms with Crippen LogP contribution in [0.15, 0.2) is 23.5 Å². The molecule has 2 aliphatic rings. The van der Waals surface area contributed by atoms with E-state index in [1.807, 2.05) is 0 Å². The van der Waals surface area contributed by atoms with Gasteiger partial charge in [0.15, 0.2) is 0 Å². The Morgan fingerprint density at radius 2 is 2.09 bits per heavy atom. The maximum atomic E-state index is 6.12. The van der Waals surface area contributed by atoms with E-state index in [2.05, 4.69) is 17.5 Å². The van der Waals surface area contributed by atoms with Gasteiger partial charge in [-0.15, -0.1) is 0 Å².